The van der Waals surface area contributed by atoms with Gasteiger partial charge in [0.1, 0.15) is 6.54 Å². The van der Waals surface area contributed by atoms with Gasteiger partial charge in [-0.15, -0.1) is 17.4 Å². The first-order chi connectivity index (χ1) is 8.56. The van der Waals surface area contributed by atoms with E-state index in [-0.39, 0.29) is 18.3 Å². The van der Waals surface area contributed by atoms with Gasteiger partial charge in [-0.3, -0.25) is 9.59 Å². The summed E-state index contributed by atoms with van der Waals surface area (Å²) in [5, 5.41) is 18.4. The molecule has 96 valence electrons. The lowest BCUT2D eigenvalue weighted by Gasteiger charge is -2.12. The molecule has 1 amide bonds. The highest BCUT2D eigenvalue weighted by Gasteiger charge is 2.15. The van der Waals surface area contributed by atoms with Crippen LogP contribution in [0, 0.1) is 12.3 Å². The SMILES string of the molecule is C#CCC(CC)NC(=O)c1cn(CC(=O)O)nn1. The van der Waals surface area contributed by atoms with Crippen LogP contribution in [0.15, 0.2) is 6.20 Å². The van der Waals surface area contributed by atoms with Crippen LogP contribution in [0.2, 0.25) is 0 Å². The van der Waals surface area contributed by atoms with Crippen molar-refractivity contribution in [2.75, 3.05) is 0 Å². The first-order valence-electron chi connectivity index (χ1n) is 5.43. The van der Waals surface area contributed by atoms with Crippen molar-refractivity contribution in [1.29, 1.82) is 0 Å². The molecule has 2 N–H and O–H groups in total. The zero-order chi connectivity index (χ0) is 13.5. The number of nitrogens with one attached hydrogen (secondary N) is 1. The second-order valence-electron chi connectivity index (χ2n) is 3.68. The van der Waals surface area contributed by atoms with Crippen LogP contribution in [0.3, 0.4) is 0 Å². The molecule has 18 heavy (non-hydrogen) atoms. The molecule has 1 aromatic rings. The largest absolute Gasteiger partial charge is 0.480 e. The minimum atomic E-state index is -1.05. The van der Waals surface area contributed by atoms with Crippen molar-refractivity contribution in [3.63, 3.8) is 0 Å². The summed E-state index contributed by atoms with van der Waals surface area (Å²) in [6.45, 7) is 1.57. The Kier molecular flexibility index (Phi) is 4.87. The van der Waals surface area contributed by atoms with Gasteiger partial charge in [0.25, 0.3) is 5.91 Å². The van der Waals surface area contributed by atoms with E-state index in [0.717, 1.165) is 4.68 Å². The molecule has 1 heterocycles. The highest BCUT2D eigenvalue weighted by molar-refractivity contribution is 5.92. The topological polar surface area (TPSA) is 97.1 Å². The second kappa shape index (κ2) is 6.39. The molecule has 7 nitrogen and oxygen atoms in total. The van der Waals surface area contributed by atoms with Crippen LogP contribution in [-0.2, 0) is 11.3 Å². The molecule has 0 aromatic carbocycles. The number of hydrogen-bond acceptors (Lipinski definition) is 4. The van der Waals surface area contributed by atoms with Crippen molar-refractivity contribution in [1.82, 2.24) is 20.3 Å². The summed E-state index contributed by atoms with van der Waals surface area (Å²) in [4.78, 5) is 22.2. The number of terminal acetylenes is 1. The Morgan fingerprint density at radius 1 is 1.67 bits per heavy atom. The van der Waals surface area contributed by atoms with Crippen LogP contribution in [0.4, 0.5) is 0 Å². The summed E-state index contributed by atoms with van der Waals surface area (Å²) in [5.41, 5.74) is 0.0757. The third-order valence-electron chi connectivity index (χ3n) is 2.26. The van der Waals surface area contributed by atoms with E-state index in [9.17, 15) is 9.59 Å². The summed E-state index contributed by atoms with van der Waals surface area (Å²) >= 11 is 0. The molecule has 1 rings (SSSR count). The Balaban J connectivity index is 2.64. The van der Waals surface area contributed by atoms with Gasteiger partial charge in [-0.2, -0.15) is 0 Å². The quantitative estimate of drug-likeness (QED) is 0.687. The summed E-state index contributed by atoms with van der Waals surface area (Å²) in [5.74, 6) is 1.01. The zero-order valence-corrected chi connectivity index (χ0v) is 9.96. The van der Waals surface area contributed by atoms with Gasteiger partial charge >= 0.3 is 5.97 Å². The lowest BCUT2D eigenvalue weighted by Crippen LogP contribution is -2.34. The van der Waals surface area contributed by atoms with Crippen LogP contribution >= 0.6 is 0 Å². The number of carbonyl (C=O) groups is 2. The summed E-state index contributed by atoms with van der Waals surface area (Å²) in [6, 6.07) is -0.118. The maximum Gasteiger partial charge on any atom is 0.325 e. The molecule has 0 bridgehead atoms. The molecule has 0 aliphatic heterocycles. The molecule has 1 unspecified atom stereocenters. The van der Waals surface area contributed by atoms with E-state index in [2.05, 4.69) is 21.5 Å². The standard InChI is InChI=1S/C11H14N4O3/c1-3-5-8(4-2)12-11(18)9-6-15(14-13-9)7-10(16)17/h1,6,8H,4-5,7H2,2H3,(H,12,18)(H,16,17). The fourth-order valence-corrected chi connectivity index (χ4v) is 1.32. The molecule has 1 aromatic heterocycles. The van der Waals surface area contributed by atoms with Crippen molar-refractivity contribution < 1.29 is 14.7 Å². The summed E-state index contributed by atoms with van der Waals surface area (Å²) in [7, 11) is 0. The predicted octanol–water partition coefficient (Wildman–Crippen LogP) is -0.106. The number of carbonyl (C=O) groups excluding carboxylic acids is 1. The normalized spacial score (nSPS) is 11.6. The Hall–Kier alpha value is -2.36. The monoisotopic (exact) mass is 250 g/mol. The van der Waals surface area contributed by atoms with Gasteiger partial charge in [-0.05, 0) is 6.42 Å². The number of aliphatic carboxylic acids is 1. The van der Waals surface area contributed by atoms with Crippen molar-refractivity contribution in [2.45, 2.75) is 32.4 Å². The molecule has 0 spiro atoms. The average molecular weight is 250 g/mol. The number of nitrogens with zero attached hydrogens (tertiary/aromatic N) is 3. The van der Waals surface area contributed by atoms with E-state index < -0.39 is 11.9 Å². The molecular formula is C11H14N4O3. The first-order valence-corrected chi connectivity index (χ1v) is 5.43. The van der Waals surface area contributed by atoms with Gasteiger partial charge in [0.2, 0.25) is 0 Å². The number of rotatable bonds is 6. The minimum Gasteiger partial charge on any atom is -0.480 e. The van der Waals surface area contributed by atoms with Crippen LogP contribution < -0.4 is 5.32 Å². The molecule has 0 radical (unpaired) electrons. The molecule has 0 saturated heterocycles. The first kappa shape index (κ1) is 13.7. The van der Waals surface area contributed by atoms with Gasteiger partial charge < -0.3 is 10.4 Å². The van der Waals surface area contributed by atoms with Crippen molar-refractivity contribution in [2.24, 2.45) is 0 Å². The minimum absolute atomic E-state index is 0.0757. The highest BCUT2D eigenvalue weighted by Crippen LogP contribution is 1.99. The number of amides is 1. The Bertz CT molecular complexity index is 475. The number of carboxylic acids is 1. The fraction of sp³-hybridized carbons (Fsp3) is 0.455. The van der Waals surface area contributed by atoms with Gasteiger partial charge in [-0.1, -0.05) is 12.1 Å². The second-order valence-corrected chi connectivity index (χ2v) is 3.68. The number of hydrogen-bond donors (Lipinski definition) is 2. The van der Waals surface area contributed by atoms with E-state index in [1.54, 1.807) is 0 Å². The summed E-state index contributed by atoms with van der Waals surface area (Å²) in [6.07, 6.45) is 7.61. The van der Waals surface area contributed by atoms with Gasteiger partial charge in [0.05, 0.1) is 6.20 Å². The molecule has 0 aliphatic carbocycles. The van der Waals surface area contributed by atoms with Crippen molar-refractivity contribution in [3.05, 3.63) is 11.9 Å². The van der Waals surface area contributed by atoms with Crippen LogP contribution in [0.25, 0.3) is 0 Å². The number of aromatic nitrogens is 3. The molecule has 0 saturated carbocycles. The smallest absolute Gasteiger partial charge is 0.325 e. The van der Waals surface area contributed by atoms with Gasteiger partial charge in [-0.25, -0.2) is 4.68 Å². The Morgan fingerprint density at radius 3 is 2.94 bits per heavy atom. The van der Waals surface area contributed by atoms with Gasteiger partial charge in [0, 0.05) is 12.5 Å². The summed E-state index contributed by atoms with van der Waals surface area (Å²) < 4.78 is 1.08. The lowest BCUT2D eigenvalue weighted by atomic mass is 10.1. The maximum atomic E-state index is 11.7. The Morgan fingerprint density at radius 2 is 2.39 bits per heavy atom. The molecule has 0 fully saturated rings. The third kappa shape index (κ3) is 3.90. The molecule has 7 heteroatoms. The van der Waals surface area contributed by atoms with Crippen LogP contribution in [-0.4, -0.2) is 38.0 Å². The van der Waals surface area contributed by atoms with Gasteiger partial charge in [0.15, 0.2) is 5.69 Å². The van der Waals surface area contributed by atoms with Crippen LogP contribution in [0.1, 0.15) is 30.3 Å². The zero-order valence-electron chi connectivity index (χ0n) is 9.96. The molecule has 1 atom stereocenters. The number of carboxylic acid groups (broad SMARTS) is 1. The molecular weight excluding hydrogens is 236 g/mol. The maximum absolute atomic E-state index is 11.7. The van der Waals surface area contributed by atoms with E-state index in [4.69, 9.17) is 11.5 Å². The van der Waals surface area contributed by atoms with E-state index in [0.29, 0.717) is 12.8 Å². The fourth-order valence-electron chi connectivity index (χ4n) is 1.32. The van der Waals surface area contributed by atoms with Crippen molar-refractivity contribution >= 4 is 11.9 Å². The van der Waals surface area contributed by atoms with Crippen LogP contribution in [0.5, 0.6) is 0 Å². The lowest BCUT2D eigenvalue weighted by molar-refractivity contribution is -0.137. The predicted molar refractivity (Wildman–Crippen MR) is 62.7 cm³/mol. The Labute approximate surface area is 104 Å². The third-order valence-corrected chi connectivity index (χ3v) is 2.26. The van der Waals surface area contributed by atoms with E-state index in [1.165, 1.54) is 6.20 Å². The van der Waals surface area contributed by atoms with Crippen molar-refractivity contribution in [3.8, 4) is 12.3 Å². The molecule has 0 aliphatic rings. The average Bonchev–Trinajstić information content (AvgIpc) is 2.76. The highest BCUT2D eigenvalue weighted by atomic mass is 16.4. The van der Waals surface area contributed by atoms with E-state index >= 15 is 0 Å². The van der Waals surface area contributed by atoms with E-state index in [1.807, 2.05) is 6.92 Å².